The summed E-state index contributed by atoms with van der Waals surface area (Å²) in [5, 5.41) is 13.2. The normalized spacial score (nSPS) is 26.2. The van der Waals surface area contributed by atoms with Crippen LogP contribution in [0.1, 0.15) is 65.2 Å². The quantitative estimate of drug-likeness (QED) is 0.700. The maximum Gasteiger partial charge on any atom is 0.0540 e. The zero-order chi connectivity index (χ0) is 11.8. The Morgan fingerprint density at radius 2 is 1.62 bits per heavy atom. The van der Waals surface area contributed by atoms with Crippen molar-refractivity contribution < 1.29 is 5.11 Å². The summed E-state index contributed by atoms with van der Waals surface area (Å²) in [4.78, 5) is 0. The Balaban J connectivity index is 2.15. The molecule has 2 heteroatoms. The fourth-order valence-electron chi connectivity index (χ4n) is 2.73. The Morgan fingerprint density at radius 1 is 1.06 bits per heavy atom. The zero-order valence-electron chi connectivity index (χ0n) is 11.0. The molecule has 0 aliphatic heterocycles. The molecule has 0 aromatic rings. The third-order valence-corrected chi connectivity index (χ3v) is 3.79. The second-order valence-electron chi connectivity index (χ2n) is 5.36. The molecule has 96 valence electrons. The molecular formula is C14H29NO. The molecule has 0 bridgehead atoms. The molecule has 1 saturated carbocycles. The molecule has 1 fully saturated rings. The van der Waals surface area contributed by atoms with Gasteiger partial charge in [0.05, 0.1) is 6.10 Å². The van der Waals surface area contributed by atoms with Crippen molar-refractivity contribution in [1.29, 1.82) is 0 Å². The first-order chi connectivity index (χ1) is 7.76. The smallest absolute Gasteiger partial charge is 0.0540 e. The van der Waals surface area contributed by atoms with E-state index in [1.807, 2.05) is 0 Å². The summed E-state index contributed by atoms with van der Waals surface area (Å²) < 4.78 is 0. The van der Waals surface area contributed by atoms with E-state index < -0.39 is 0 Å². The molecule has 0 aromatic carbocycles. The van der Waals surface area contributed by atoms with Crippen molar-refractivity contribution in [3.05, 3.63) is 0 Å². The van der Waals surface area contributed by atoms with E-state index in [1.165, 1.54) is 38.5 Å². The van der Waals surface area contributed by atoms with E-state index in [2.05, 4.69) is 19.2 Å². The molecule has 0 aromatic heterocycles. The lowest BCUT2D eigenvalue weighted by atomic mass is 9.87. The molecule has 0 heterocycles. The first-order valence-electron chi connectivity index (χ1n) is 7.17. The standard InChI is InChI=1S/C14H29NO/c1-3-5-13(6-4-2)15-11-12-7-9-14(16)10-8-12/h12-16H,3-11H2,1-2H3. The Hall–Kier alpha value is -0.0800. The Kier molecular flexibility index (Phi) is 7.06. The molecule has 2 nitrogen and oxygen atoms in total. The molecule has 1 aliphatic carbocycles. The molecule has 0 unspecified atom stereocenters. The maximum absolute atomic E-state index is 9.45. The summed E-state index contributed by atoms with van der Waals surface area (Å²) in [6, 6.07) is 0.724. The van der Waals surface area contributed by atoms with Crippen LogP contribution in [0.15, 0.2) is 0 Å². The van der Waals surface area contributed by atoms with Gasteiger partial charge in [0.1, 0.15) is 0 Å². The average molecular weight is 227 g/mol. The van der Waals surface area contributed by atoms with Crippen LogP contribution in [0.5, 0.6) is 0 Å². The van der Waals surface area contributed by atoms with Crippen LogP contribution < -0.4 is 5.32 Å². The lowest BCUT2D eigenvalue weighted by Crippen LogP contribution is -2.35. The maximum atomic E-state index is 9.45. The molecule has 0 atom stereocenters. The largest absolute Gasteiger partial charge is 0.393 e. The van der Waals surface area contributed by atoms with Crippen LogP contribution in [0.2, 0.25) is 0 Å². The van der Waals surface area contributed by atoms with Crippen molar-refractivity contribution in [2.45, 2.75) is 77.4 Å². The molecular weight excluding hydrogens is 198 g/mol. The number of hydrogen-bond donors (Lipinski definition) is 2. The van der Waals surface area contributed by atoms with Crippen LogP contribution in [0.4, 0.5) is 0 Å². The number of aliphatic hydroxyl groups is 1. The van der Waals surface area contributed by atoms with Gasteiger partial charge >= 0.3 is 0 Å². The van der Waals surface area contributed by atoms with Gasteiger partial charge < -0.3 is 10.4 Å². The first kappa shape index (κ1) is 14.0. The van der Waals surface area contributed by atoms with Crippen LogP contribution in [0, 0.1) is 5.92 Å². The molecule has 0 spiro atoms. The Bertz CT molecular complexity index is 158. The third-order valence-electron chi connectivity index (χ3n) is 3.79. The van der Waals surface area contributed by atoms with Gasteiger partial charge in [-0.05, 0) is 51.0 Å². The van der Waals surface area contributed by atoms with Crippen LogP contribution in [-0.4, -0.2) is 23.8 Å². The lowest BCUT2D eigenvalue weighted by molar-refractivity contribution is 0.107. The minimum absolute atomic E-state index is 0.0154. The number of hydrogen-bond acceptors (Lipinski definition) is 2. The number of nitrogens with one attached hydrogen (secondary N) is 1. The highest BCUT2D eigenvalue weighted by molar-refractivity contribution is 4.75. The molecule has 0 saturated heterocycles. The van der Waals surface area contributed by atoms with Gasteiger partial charge in [-0.2, -0.15) is 0 Å². The van der Waals surface area contributed by atoms with Crippen molar-refractivity contribution in [2.24, 2.45) is 5.92 Å². The van der Waals surface area contributed by atoms with Crippen molar-refractivity contribution in [3.63, 3.8) is 0 Å². The summed E-state index contributed by atoms with van der Waals surface area (Å²) in [5.41, 5.74) is 0. The van der Waals surface area contributed by atoms with Crippen molar-refractivity contribution >= 4 is 0 Å². The van der Waals surface area contributed by atoms with Crippen molar-refractivity contribution in [2.75, 3.05) is 6.54 Å². The highest BCUT2D eigenvalue weighted by Gasteiger charge is 2.19. The summed E-state index contributed by atoms with van der Waals surface area (Å²) in [7, 11) is 0. The van der Waals surface area contributed by atoms with E-state index in [-0.39, 0.29) is 6.10 Å². The van der Waals surface area contributed by atoms with Gasteiger partial charge in [-0.1, -0.05) is 26.7 Å². The molecule has 1 rings (SSSR count). The van der Waals surface area contributed by atoms with Gasteiger partial charge in [0, 0.05) is 6.04 Å². The van der Waals surface area contributed by atoms with Gasteiger partial charge in [-0.15, -0.1) is 0 Å². The van der Waals surface area contributed by atoms with Crippen LogP contribution >= 0.6 is 0 Å². The molecule has 1 aliphatic rings. The number of aliphatic hydroxyl groups excluding tert-OH is 1. The van der Waals surface area contributed by atoms with Gasteiger partial charge in [0.25, 0.3) is 0 Å². The third kappa shape index (κ3) is 5.31. The van der Waals surface area contributed by atoms with E-state index in [9.17, 15) is 5.11 Å². The summed E-state index contributed by atoms with van der Waals surface area (Å²) in [6.45, 7) is 5.69. The summed E-state index contributed by atoms with van der Waals surface area (Å²) >= 11 is 0. The molecule has 0 radical (unpaired) electrons. The highest BCUT2D eigenvalue weighted by atomic mass is 16.3. The van der Waals surface area contributed by atoms with Crippen LogP contribution in [0.3, 0.4) is 0 Å². The second-order valence-corrected chi connectivity index (χ2v) is 5.36. The predicted molar refractivity (Wildman–Crippen MR) is 69.6 cm³/mol. The molecule has 0 amide bonds. The van der Waals surface area contributed by atoms with Gasteiger partial charge in [0.15, 0.2) is 0 Å². The van der Waals surface area contributed by atoms with E-state index in [0.717, 1.165) is 31.3 Å². The summed E-state index contributed by atoms with van der Waals surface area (Å²) in [5.74, 6) is 0.805. The molecule has 16 heavy (non-hydrogen) atoms. The van der Waals surface area contributed by atoms with Gasteiger partial charge in [0.2, 0.25) is 0 Å². The van der Waals surface area contributed by atoms with Crippen molar-refractivity contribution in [3.8, 4) is 0 Å². The first-order valence-corrected chi connectivity index (χ1v) is 7.17. The van der Waals surface area contributed by atoms with Gasteiger partial charge in [-0.3, -0.25) is 0 Å². The zero-order valence-corrected chi connectivity index (χ0v) is 11.0. The number of rotatable bonds is 7. The van der Waals surface area contributed by atoms with Crippen molar-refractivity contribution in [1.82, 2.24) is 5.32 Å². The topological polar surface area (TPSA) is 32.3 Å². The monoisotopic (exact) mass is 227 g/mol. The highest BCUT2D eigenvalue weighted by Crippen LogP contribution is 2.23. The lowest BCUT2D eigenvalue weighted by Gasteiger charge is -2.27. The van der Waals surface area contributed by atoms with E-state index in [4.69, 9.17) is 0 Å². The van der Waals surface area contributed by atoms with Crippen LogP contribution in [0.25, 0.3) is 0 Å². The minimum Gasteiger partial charge on any atom is -0.393 e. The fraction of sp³-hybridized carbons (Fsp3) is 1.00. The van der Waals surface area contributed by atoms with E-state index >= 15 is 0 Å². The van der Waals surface area contributed by atoms with E-state index in [0.29, 0.717) is 0 Å². The average Bonchev–Trinajstić information content (AvgIpc) is 2.29. The SMILES string of the molecule is CCCC(CCC)NCC1CCC(O)CC1. The second kappa shape index (κ2) is 8.08. The predicted octanol–water partition coefficient (Wildman–Crippen LogP) is 3.10. The Labute approximate surface area is 101 Å². The van der Waals surface area contributed by atoms with Crippen LogP contribution in [-0.2, 0) is 0 Å². The fourth-order valence-corrected chi connectivity index (χ4v) is 2.73. The molecule has 2 N–H and O–H groups in total. The minimum atomic E-state index is -0.0154. The van der Waals surface area contributed by atoms with E-state index in [1.54, 1.807) is 0 Å². The summed E-state index contributed by atoms with van der Waals surface area (Å²) in [6.07, 6.45) is 9.60. The van der Waals surface area contributed by atoms with Gasteiger partial charge in [-0.25, -0.2) is 0 Å². The Morgan fingerprint density at radius 3 is 2.12 bits per heavy atom.